The Morgan fingerprint density at radius 1 is 1.26 bits per heavy atom. The summed E-state index contributed by atoms with van der Waals surface area (Å²) in [5.74, 6) is 1.38. The number of rotatable bonds is 5. The fourth-order valence-corrected chi connectivity index (χ4v) is 4.52. The maximum absolute atomic E-state index is 12.7. The molecule has 0 aromatic carbocycles. The molecule has 1 aliphatic heterocycles. The molecular formula is C21H31N5O. The van der Waals surface area contributed by atoms with Crippen LogP contribution in [0.5, 0.6) is 0 Å². The Balaban J connectivity index is 1.49. The molecule has 0 unspecified atom stereocenters. The van der Waals surface area contributed by atoms with Crippen LogP contribution in [-0.2, 0) is 26.1 Å². The molecule has 146 valence electrons. The van der Waals surface area contributed by atoms with E-state index in [2.05, 4.69) is 33.5 Å². The van der Waals surface area contributed by atoms with Gasteiger partial charge < -0.3 is 4.98 Å². The van der Waals surface area contributed by atoms with Crippen molar-refractivity contribution in [1.82, 2.24) is 24.6 Å². The summed E-state index contributed by atoms with van der Waals surface area (Å²) in [6.07, 6.45) is 10.1. The normalized spacial score (nSPS) is 18.6. The van der Waals surface area contributed by atoms with Crippen LogP contribution in [0, 0.1) is 6.92 Å². The van der Waals surface area contributed by atoms with E-state index in [0.717, 1.165) is 62.4 Å². The van der Waals surface area contributed by atoms with E-state index in [9.17, 15) is 4.79 Å². The summed E-state index contributed by atoms with van der Waals surface area (Å²) < 4.78 is 2.08. The van der Waals surface area contributed by atoms with Gasteiger partial charge in [0.05, 0.1) is 17.5 Å². The highest BCUT2D eigenvalue weighted by Crippen LogP contribution is 2.30. The fraction of sp³-hybridized carbons (Fsp3) is 0.667. The summed E-state index contributed by atoms with van der Waals surface area (Å²) >= 11 is 0. The molecule has 0 amide bonds. The average Bonchev–Trinajstić information content (AvgIpc) is 3.03. The first kappa shape index (κ1) is 18.4. The summed E-state index contributed by atoms with van der Waals surface area (Å²) in [5.41, 5.74) is 4.45. The first-order chi connectivity index (χ1) is 13.2. The van der Waals surface area contributed by atoms with Crippen LogP contribution in [0.4, 0.5) is 0 Å². The summed E-state index contributed by atoms with van der Waals surface area (Å²) in [6.45, 7) is 7.75. The standard InChI is InChI=1S/C21H31N5O/c1-3-10-26-15(2)17(12-22-26)13-25-11-9-19-18(14-25)21(27)24-20(23-19)16-7-5-4-6-8-16/h12,16H,3-11,13-14H2,1-2H3,(H,23,24,27). The molecule has 0 radical (unpaired) electrons. The van der Waals surface area contributed by atoms with Crippen LogP contribution >= 0.6 is 0 Å². The van der Waals surface area contributed by atoms with Gasteiger partial charge in [-0.15, -0.1) is 0 Å². The third-order valence-electron chi connectivity index (χ3n) is 6.19. The number of H-pyrrole nitrogens is 1. The van der Waals surface area contributed by atoms with Crippen molar-refractivity contribution in [3.63, 3.8) is 0 Å². The molecule has 6 heteroatoms. The van der Waals surface area contributed by atoms with Gasteiger partial charge in [-0.1, -0.05) is 26.2 Å². The SMILES string of the molecule is CCCn1ncc(CN2CCc3nc(C4CCCCC4)[nH]c(=O)c3C2)c1C. The van der Waals surface area contributed by atoms with E-state index in [-0.39, 0.29) is 5.56 Å². The fourth-order valence-electron chi connectivity index (χ4n) is 4.52. The van der Waals surface area contributed by atoms with Crippen molar-refractivity contribution in [2.24, 2.45) is 0 Å². The quantitative estimate of drug-likeness (QED) is 0.878. The van der Waals surface area contributed by atoms with Gasteiger partial charge in [-0.2, -0.15) is 5.10 Å². The highest BCUT2D eigenvalue weighted by molar-refractivity contribution is 5.23. The molecule has 1 aliphatic carbocycles. The number of fused-ring (bicyclic) bond motifs is 1. The van der Waals surface area contributed by atoms with Crippen LogP contribution in [0.1, 0.15) is 79.7 Å². The highest BCUT2D eigenvalue weighted by Gasteiger charge is 2.25. The van der Waals surface area contributed by atoms with Crippen molar-refractivity contribution < 1.29 is 0 Å². The van der Waals surface area contributed by atoms with Crippen molar-refractivity contribution >= 4 is 0 Å². The Morgan fingerprint density at radius 2 is 2.07 bits per heavy atom. The largest absolute Gasteiger partial charge is 0.310 e. The van der Waals surface area contributed by atoms with Crippen LogP contribution < -0.4 is 5.56 Å². The maximum atomic E-state index is 12.7. The van der Waals surface area contributed by atoms with Gasteiger partial charge in [0.1, 0.15) is 5.82 Å². The van der Waals surface area contributed by atoms with E-state index in [1.807, 2.05) is 6.20 Å². The third-order valence-corrected chi connectivity index (χ3v) is 6.19. The van der Waals surface area contributed by atoms with Gasteiger partial charge in [-0.05, 0) is 26.2 Å². The summed E-state index contributed by atoms with van der Waals surface area (Å²) in [5, 5.41) is 4.51. The third kappa shape index (κ3) is 3.86. The second-order valence-electron chi connectivity index (χ2n) is 8.15. The van der Waals surface area contributed by atoms with Crippen LogP contribution in [0.2, 0.25) is 0 Å². The predicted molar refractivity (Wildman–Crippen MR) is 106 cm³/mol. The van der Waals surface area contributed by atoms with E-state index < -0.39 is 0 Å². The van der Waals surface area contributed by atoms with E-state index >= 15 is 0 Å². The number of nitrogens with zero attached hydrogens (tertiary/aromatic N) is 4. The molecule has 0 spiro atoms. The first-order valence-corrected chi connectivity index (χ1v) is 10.5. The molecule has 1 fully saturated rings. The van der Waals surface area contributed by atoms with Crippen molar-refractivity contribution in [2.75, 3.05) is 6.54 Å². The van der Waals surface area contributed by atoms with Gasteiger partial charge in [0.25, 0.3) is 5.56 Å². The van der Waals surface area contributed by atoms with Crippen LogP contribution in [0.15, 0.2) is 11.0 Å². The molecule has 27 heavy (non-hydrogen) atoms. The molecule has 1 N–H and O–H groups in total. The second kappa shape index (κ2) is 7.97. The lowest BCUT2D eigenvalue weighted by molar-refractivity contribution is 0.240. The first-order valence-electron chi connectivity index (χ1n) is 10.5. The molecule has 2 aliphatic rings. The molecule has 4 rings (SSSR count). The van der Waals surface area contributed by atoms with E-state index in [0.29, 0.717) is 12.5 Å². The van der Waals surface area contributed by atoms with Gasteiger partial charge in [-0.25, -0.2) is 4.98 Å². The molecule has 2 aromatic rings. The molecule has 0 atom stereocenters. The lowest BCUT2D eigenvalue weighted by atomic mass is 9.88. The summed E-state index contributed by atoms with van der Waals surface area (Å²) in [7, 11) is 0. The van der Waals surface area contributed by atoms with Crippen LogP contribution in [-0.4, -0.2) is 31.2 Å². The number of nitrogens with one attached hydrogen (secondary N) is 1. The van der Waals surface area contributed by atoms with Crippen LogP contribution in [0.3, 0.4) is 0 Å². The zero-order valence-electron chi connectivity index (χ0n) is 16.6. The van der Waals surface area contributed by atoms with Crippen molar-refractivity contribution in [3.05, 3.63) is 44.9 Å². The smallest absolute Gasteiger partial charge is 0.255 e. The Kier molecular flexibility index (Phi) is 5.43. The van der Waals surface area contributed by atoms with Gasteiger partial charge in [0.2, 0.25) is 0 Å². The van der Waals surface area contributed by atoms with Gasteiger partial charge in [0, 0.05) is 49.8 Å². The molecule has 2 aromatic heterocycles. The van der Waals surface area contributed by atoms with Crippen LogP contribution in [0.25, 0.3) is 0 Å². The number of aryl methyl sites for hydroxylation is 1. The number of hydrogen-bond donors (Lipinski definition) is 1. The number of hydrogen-bond acceptors (Lipinski definition) is 4. The predicted octanol–water partition coefficient (Wildman–Crippen LogP) is 3.29. The second-order valence-corrected chi connectivity index (χ2v) is 8.15. The molecule has 3 heterocycles. The molecule has 0 saturated heterocycles. The molecule has 0 bridgehead atoms. The van der Waals surface area contributed by atoms with E-state index in [4.69, 9.17) is 4.98 Å². The molecule has 1 saturated carbocycles. The molecular weight excluding hydrogens is 338 g/mol. The van der Waals surface area contributed by atoms with Gasteiger partial charge in [-0.3, -0.25) is 14.4 Å². The minimum Gasteiger partial charge on any atom is -0.310 e. The van der Waals surface area contributed by atoms with Gasteiger partial charge in [0.15, 0.2) is 0 Å². The lowest BCUT2D eigenvalue weighted by Gasteiger charge is -2.28. The zero-order valence-corrected chi connectivity index (χ0v) is 16.6. The highest BCUT2D eigenvalue weighted by atomic mass is 16.1. The van der Waals surface area contributed by atoms with Crippen molar-refractivity contribution in [3.8, 4) is 0 Å². The number of aromatic nitrogens is 4. The van der Waals surface area contributed by atoms with Crippen molar-refractivity contribution in [1.29, 1.82) is 0 Å². The minimum absolute atomic E-state index is 0.0728. The van der Waals surface area contributed by atoms with E-state index in [1.165, 1.54) is 30.5 Å². The topological polar surface area (TPSA) is 66.8 Å². The monoisotopic (exact) mass is 369 g/mol. The summed E-state index contributed by atoms with van der Waals surface area (Å²) in [6, 6.07) is 0. The summed E-state index contributed by atoms with van der Waals surface area (Å²) in [4.78, 5) is 23.1. The van der Waals surface area contributed by atoms with Gasteiger partial charge >= 0.3 is 0 Å². The Labute approximate surface area is 161 Å². The average molecular weight is 370 g/mol. The van der Waals surface area contributed by atoms with Crippen molar-refractivity contribution in [2.45, 2.75) is 84.3 Å². The lowest BCUT2D eigenvalue weighted by Crippen LogP contribution is -2.36. The van der Waals surface area contributed by atoms with E-state index in [1.54, 1.807) is 0 Å². The Bertz CT molecular complexity index is 847. The molecule has 6 nitrogen and oxygen atoms in total. The zero-order chi connectivity index (χ0) is 18.8. The Morgan fingerprint density at radius 3 is 2.85 bits per heavy atom. The Hall–Kier alpha value is -1.95. The maximum Gasteiger partial charge on any atom is 0.255 e. The minimum atomic E-state index is 0.0728. The number of aromatic amines is 1.